The number of ether oxygens (including phenoxy) is 1. The van der Waals surface area contributed by atoms with Gasteiger partial charge in [0.25, 0.3) is 0 Å². The fourth-order valence-corrected chi connectivity index (χ4v) is 4.06. The molecule has 3 rings (SSSR count). The molecule has 0 saturated carbocycles. The summed E-state index contributed by atoms with van der Waals surface area (Å²) in [6, 6.07) is 15.3. The lowest BCUT2D eigenvalue weighted by molar-refractivity contribution is -0.119. The smallest absolute Gasteiger partial charge is 0.229 e. The molecule has 0 spiro atoms. The van der Waals surface area contributed by atoms with Crippen LogP contribution in [-0.2, 0) is 25.1 Å². The Morgan fingerprint density at radius 2 is 1.79 bits per heavy atom. The molecular formula is C18H19NO4S. The van der Waals surface area contributed by atoms with Crippen LogP contribution in [0.1, 0.15) is 12.0 Å². The highest BCUT2D eigenvalue weighted by atomic mass is 32.2. The molecule has 1 heterocycles. The number of rotatable bonds is 5. The second-order valence-corrected chi connectivity index (χ2v) is 7.77. The fourth-order valence-electron chi connectivity index (χ4n) is 2.66. The summed E-state index contributed by atoms with van der Waals surface area (Å²) < 4.78 is 30.4. The molecule has 2 aromatic rings. The molecule has 1 amide bonds. The standard InChI is InChI=1S/C18H19NO4S/c20-18(14-10-11-23-12-14)19-17-9-5-4-6-15(17)13-24(21,22)16-7-2-1-3-8-16/h1-9,14H,10-13H2,(H,19,20). The van der Waals surface area contributed by atoms with Crippen LogP contribution >= 0.6 is 0 Å². The monoisotopic (exact) mass is 345 g/mol. The van der Waals surface area contributed by atoms with Crippen LogP contribution in [0, 0.1) is 5.92 Å². The third-order valence-electron chi connectivity index (χ3n) is 4.02. The van der Waals surface area contributed by atoms with Gasteiger partial charge in [-0.15, -0.1) is 0 Å². The predicted octanol–water partition coefficient (Wildman–Crippen LogP) is 2.64. The van der Waals surface area contributed by atoms with Crippen molar-refractivity contribution in [2.75, 3.05) is 18.5 Å². The van der Waals surface area contributed by atoms with Gasteiger partial charge < -0.3 is 10.1 Å². The highest BCUT2D eigenvalue weighted by Crippen LogP contribution is 2.23. The zero-order valence-corrected chi connectivity index (χ0v) is 14.0. The molecule has 1 aliphatic rings. The van der Waals surface area contributed by atoms with Crippen molar-refractivity contribution in [3.8, 4) is 0 Å². The molecule has 1 fully saturated rings. The Hall–Kier alpha value is -2.18. The van der Waals surface area contributed by atoms with E-state index < -0.39 is 9.84 Å². The molecule has 126 valence electrons. The summed E-state index contributed by atoms with van der Waals surface area (Å²) >= 11 is 0. The number of hydrogen-bond acceptors (Lipinski definition) is 4. The fraction of sp³-hybridized carbons (Fsp3) is 0.278. The van der Waals surface area contributed by atoms with Crippen molar-refractivity contribution in [1.29, 1.82) is 0 Å². The first-order valence-electron chi connectivity index (χ1n) is 7.80. The predicted molar refractivity (Wildman–Crippen MR) is 91.3 cm³/mol. The van der Waals surface area contributed by atoms with E-state index in [2.05, 4.69) is 5.32 Å². The highest BCUT2D eigenvalue weighted by molar-refractivity contribution is 7.90. The number of carbonyl (C=O) groups excluding carboxylic acids is 1. The van der Waals surface area contributed by atoms with Crippen LogP contribution in [0.15, 0.2) is 59.5 Å². The van der Waals surface area contributed by atoms with E-state index in [4.69, 9.17) is 4.74 Å². The van der Waals surface area contributed by atoms with Crippen molar-refractivity contribution in [2.24, 2.45) is 5.92 Å². The minimum Gasteiger partial charge on any atom is -0.381 e. The van der Waals surface area contributed by atoms with Crippen LogP contribution in [-0.4, -0.2) is 27.5 Å². The number of anilines is 1. The van der Waals surface area contributed by atoms with E-state index in [0.29, 0.717) is 30.9 Å². The third-order valence-corrected chi connectivity index (χ3v) is 5.70. The molecular weight excluding hydrogens is 326 g/mol. The minimum absolute atomic E-state index is 0.128. The molecule has 0 aliphatic carbocycles. The molecule has 0 aromatic heterocycles. The van der Waals surface area contributed by atoms with E-state index in [1.54, 1.807) is 54.6 Å². The minimum atomic E-state index is -3.47. The molecule has 24 heavy (non-hydrogen) atoms. The summed E-state index contributed by atoms with van der Waals surface area (Å²) in [6.07, 6.45) is 0.691. The lowest BCUT2D eigenvalue weighted by Crippen LogP contribution is -2.23. The Bertz CT molecular complexity index is 812. The number of sulfone groups is 1. The van der Waals surface area contributed by atoms with E-state index in [1.807, 2.05) is 0 Å². The van der Waals surface area contributed by atoms with Gasteiger partial charge in [-0.1, -0.05) is 36.4 Å². The van der Waals surface area contributed by atoms with Gasteiger partial charge in [-0.2, -0.15) is 0 Å². The number of nitrogens with one attached hydrogen (secondary N) is 1. The first kappa shape index (κ1) is 16.7. The number of amides is 1. The molecule has 6 heteroatoms. The van der Waals surface area contributed by atoms with Crippen molar-refractivity contribution in [3.05, 3.63) is 60.2 Å². The molecule has 1 saturated heterocycles. The molecule has 0 bridgehead atoms. The van der Waals surface area contributed by atoms with Gasteiger partial charge in [0.1, 0.15) is 0 Å². The SMILES string of the molecule is O=C(Nc1ccccc1CS(=O)(=O)c1ccccc1)C1CCOC1. The Kier molecular flexibility index (Phi) is 4.97. The van der Waals surface area contributed by atoms with Gasteiger partial charge in [0.2, 0.25) is 5.91 Å². The van der Waals surface area contributed by atoms with Crippen molar-refractivity contribution < 1.29 is 17.9 Å². The van der Waals surface area contributed by atoms with Gasteiger partial charge in [-0.3, -0.25) is 4.79 Å². The second-order valence-electron chi connectivity index (χ2n) is 5.78. The largest absolute Gasteiger partial charge is 0.381 e. The number of benzene rings is 2. The summed E-state index contributed by atoms with van der Waals surface area (Å²) in [7, 11) is -3.47. The van der Waals surface area contributed by atoms with E-state index in [-0.39, 0.29) is 22.5 Å². The van der Waals surface area contributed by atoms with E-state index >= 15 is 0 Å². The summed E-state index contributed by atoms with van der Waals surface area (Å²) in [5.74, 6) is -0.463. The highest BCUT2D eigenvalue weighted by Gasteiger charge is 2.24. The summed E-state index contributed by atoms with van der Waals surface area (Å²) in [4.78, 5) is 12.5. The Labute approximate surface area is 141 Å². The summed E-state index contributed by atoms with van der Waals surface area (Å²) in [5, 5.41) is 2.84. The molecule has 1 atom stereocenters. The zero-order valence-electron chi connectivity index (χ0n) is 13.1. The first-order valence-corrected chi connectivity index (χ1v) is 9.46. The van der Waals surface area contributed by atoms with Gasteiger partial charge >= 0.3 is 0 Å². The van der Waals surface area contributed by atoms with Gasteiger partial charge in [-0.25, -0.2) is 8.42 Å². The first-order chi connectivity index (χ1) is 11.6. The lowest BCUT2D eigenvalue weighted by Gasteiger charge is -2.14. The van der Waals surface area contributed by atoms with Gasteiger partial charge in [-0.05, 0) is 30.2 Å². The Morgan fingerprint density at radius 1 is 1.08 bits per heavy atom. The normalized spacial score (nSPS) is 17.6. The Balaban J connectivity index is 1.80. The summed E-state index contributed by atoms with van der Waals surface area (Å²) in [6.45, 7) is 0.998. The van der Waals surface area contributed by atoms with Crippen molar-refractivity contribution >= 4 is 21.4 Å². The second kappa shape index (κ2) is 7.15. The molecule has 1 N–H and O–H groups in total. The lowest BCUT2D eigenvalue weighted by atomic mass is 10.1. The van der Waals surface area contributed by atoms with Gasteiger partial charge in [0.15, 0.2) is 9.84 Å². The van der Waals surface area contributed by atoms with Gasteiger partial charge in [0.05, 0.1) is 23.2 Å². The maximum absolute atomic E-state index is 12.6. The third kappa shape index (κ3) is 3.83. The van der Waals surface area contributed by atoms with Crippen molar-refractivity contribution in [3.63, 3.8) is 0 Å². The maximum atomic E-state index is 12.6. The van der Waals surface area contributed by atoms with Crippen LogP contribution in [0.2, 0.25) is 0 Å². The zero-order chi connectivity index (χ0) is 17.0. The molecule has 0 radical (unpaired) electrons. The van der Waals surface area contributed by atoms with Crippen LogP contribution < -0.4 is 5.32 Å². The van der Waals surface area contributed by atoms with Crippen molar-refractivity contribution in [2.45, 2.75) is 17.1 Å². The van der Waals surface area contributed by atoms with Crippen LogP contribution in [0.25, 0.3) is 0 Å². The van der Waals surface area contributed by atoms with E-state index in [0.717, 1.165) is 0 Å². The van der Waals surface area contributed by atoms with Gasteiger partial charge in [0, 0.05) is 12.3 Å². The average molecular weight is 345 g/mol. The molecule has 1 aliphatic heterocycles. The van der Waals surface area contributed by atoms with Crippen LogP contribution in [0.3, 0.4) is 0 Å². The Morgan fingerprint density at radius 3 is 2.50 bits per heavy atom. The summed E-state index contributed by atoms with van der Waals surface area (Å²) in [5.41, 5.74) is 1.11. The number of carbonyl (C=O) groups is 1. The molecule has 2 aromatic carbocycles. The van der Waals surface area contributed by atoms with Crippen LogP contribution in [0.4, 0.5) is 5.69 Å². The van der Waals surface area contributed by atoms with Crippen molar-refractivity contribution in [1.82, 2.24) is 0 Å². The van der Waals surface area contributed by atoms with E-state index in [1.165, 1.54) is 0 Å². The average Bonchev–Trinajstić information content (AvgIpc) is 3.12. The maximum Gasteiger partial charge on any atom is 0.229 e. The molecule has 1 unspecified atom stereocenters. The number of hydrogen-bond donors (Lipinski definition) is 1. The van der Waals surface area contributed by atoms with E-state index in [9.17, 15) is 13.2 Å². The quantitative estimate of drug-likeness (QED) is 0.904. The number of para-hydroxylation sites is 1. The topological polar surface area (TPSA) is 72.5 Å². The molecule has 5 nitrogen and oxygen atoms in total. The van der Waals surface area contributed by atoms with Crippen LogP contribution in [0.5, 0.6) is 0 Å².